The number of anilines is 1. The van der Waals surface area contributed by atoms with Gasteiger partial charge >= 0.3 is 6.18 Å². The van der Waals surface area contributed by atoms with Crippen molar-refractivity contribution in [3.63, 3.8) is 0 Å². The van der Waals surface area contributed by atoms with Crippen molar-refractivity contribution in [3.05, 3.63) is 18.5 Å². The number of pyridine rings is 1. The molecule has 0 aromatic carbocycles. The van der Waals surface area contributed by atoms with Crippen LogP contribution in [0.3, 0.4) is 0 Å². The number of halogens is 3. The molecule has 0 radical (unpaired) electrons. The zero-order valence-electron chi connectivity index (χ0n) is 11.8. The van der Waals surface area contributed by atoms with Crippen LogP contribution in [-0.4, -0.2) is 36.9 Å². The van der Waals surface area contributed by atoms with Crippen LogP contribution in [0.25, 0.3) is 0 Å². The van der Waals surface area contributed by atoms with E-state index in [4.69, 9.17) is 10.5 Å². The van der Waals surface area contributed by atoms with Gasteiger partial charge in [-0.2, -0.15) is 13.2 Å². The van der Waals surface area contributed by atoms with Crippen molar-refractivity contribution in [2.45, 2.75) is 37.9 Å². The molecule has 7 heteroatoms. The minimum atomic E-state index is -4.13. The van der Waals surface area contributed by atoms with E-state index in [1.165, 1.54) is 6.20 Å². The van der Waals surface area contributed by atoms with Gasteiger partial charge in [0.15, 0.2) is 0 Å². The van der Waals surface area contributed by atoms with Gasteiger partial charge in [0.2, 0.25) is 0 Å². The van der Waals surface area contributed by atoms with Crippen LogP contribution in [-0.2, 0) is 0 Å². The van der Waals surface area contributed by atoms with Crippen LogP contribution < -0.4 is 15.4 Å². The van der Waals surface area contributed by atoms with Gasteiger partial charge in [-0.1, -0.05) is 0 Å². The zero-order valence-corrected chi connectivity index (χ0v) is 11.8. The van der Waals surface area contributed by atoms with Crippen molar-refractivity contribution in [1.82, 2.24) is 4.98 Å². The minimum Gasteiger partial charge on any atom is -0.492 e. The molecule has 0 saturated carbocycles. The maximum absolute atomic E-state index is 12.0. The highest BCUT2D eigenvalue weighted by molar-refractivity contribution is 5.48. The molecule has 1 fully saturated rings. The second kappa shape index (κ2) is 6.98. The lowest BCUT2D eigenvalue weighted by atomic mass is 10.1. The SMILES string of the molecule is NC1CCN(c2cncc(OCCCC(F)(F)F)c2)CC1. The van der Waals surface area contributed by atoms with Gasteiger partial charge in [0.25, 0.3) is 0 Å². The highest BCUT2D eigenvalue weighted by Crippen LogP contribution is 2.24. The summed E-state index contributed by atoms with van der Waals surface area (Å²) in [5, 5.41) is 0. The monoisotopic (exact) mass is 303 g/mol. The van der Waals surface area contributed by atoms with E-state index in [2.05, 4.69) is 9.88 Å². The predicted octanol–water partition coefficient (Wildman–Crippen LogP) is 2.73. The van der Waals surface area contributed by atoms with Crippen molar-refractivity contribution in [1.29, 1.82) is 0 Å². The van der Waals surface area contributed by atoms with Gasteiger partial charge in [0.1, 0.15) is 5.75 Å². The third-order valence-corrected chi connectivity index (χ3v) is 3.48. The molecule has 2 N–H and O–H groups in total. The summed E-state index contributed by atoms with van der Waals surface area (Å²) in [5.41, 5.74) is 6.79. The van der Waals surface area contributed by atoms with E-state index in [1.54, 1.807) is 6.20 Å². The van der Waals surface area contributed by atoms with Crippen LogP contribution in [0.5, 0.6) is 5.75 Å². The second-order valence-electron chi connectivity index (χ2n) is 5.27. The Morgan fingerprint density at radius 1 is 1.29 bits per heavy atom. The predicted molar refractivity (Wildman–Crippen MR) is 74.4 cm³/mol. The Labute approximate surface area is 122 Å². The first kappa shape index (κ1) is 15.9. The lowest BCUT2D eigenvalue weighted by Gasteiger charge is -2.31. The van der Waals surface area contributed by atoms with Crippen molar-refractivity contribution in [2.75, 3.05) is 24.6 Å². The summed E-state index contributed by atoms with van der Waals surface area (Å²) in [6.07, 6.45) is 0.103. The Kier molecular flexibility index (Phi) is 5.27. The fourth-order valence-electron chi connectivity index (χ4n) is 2.28. The standard InChI is InChI=1S/C14H20F3N3O/c15-14(16,17)4-1-7-21-13-8-12(9-19-10-13)20-5-2-11(18)3-6-20/h8-11H,1-7,18H2. The maximum Gasteiger partial charge on any atom is 0.389 e. The number of ether oxygens (including phenoxy) is 1. The summed E-state index contributed by atoms with van der Waals surface area (Å²) in [5.74, 6) is 0.504. The minimum absolute atomic E-state index is 0.0372. The number of alkyl halides is 3. The summed E-state index contributed by atoms with van der Waals surface area (Å²) in [4.78, 5) is 6.25. The molecule has 0 amide bonds. The molecule has 0 aliphatic carbocycles. The van der Waals surface area contributed by atoms with Gasteiger partial charge in [-0.15, -0.1) is 0 Å². The van der Waals surface area contributed by atoms with Crippen LogP contribution in [0, 0.1) is 0 Å². The Morgan fingerprint density at radius 2 is 2.00 bits per heavy atom. The van der Waals surface area contributed by atoms with Crippen LogP contribution in [0.4, 0.5) is 18.9 Å². The normalized spacial score (nSPS) is 17.0. The molecule has 118 valence electrons. The van der Waals surface area contributed by atoms with E-state index >= 15 is 0 Å². The van der Waals surface area contributed by atoms with Gasteiger partial charge in [0.05, 0.1) is 24.7 Å². The summed E-state index contributed by atoms with van der Waals surface area (Å²) in [6, 6.07) is 2.06. The average molecular weight is 303 g/mol. The number of aromatic nitrogens is 1. The molecular formula is C14H20F3N3O. The van der Waals surface area contributed by atoms with Gasteiger partial charge in [-0.05, 0) is 19.3 Å². The average Bonchev–Trinajstić information content (AvgIpc) is 2.44. The van der Waals surface area contributed by atoms with E-state index in [0.717, 1.165) is 31.6 Å². The Hall–Kier alpha value is -1.50. The molecule has 2 heterocycles. The summed E-state index contributed by atoms with van der Waals surface area (Å²) in [7, 11) is 0. The summed E-state index contributed by atoms with van der Waals surface area (Å²) < 4.78 is 41.4. The van der Waals surface area contributed by atoms with Crippen LogP contribution in [0.1, 0.15) is 25.7 Å². The first-order valence-electron chi connectivity index (χ1n) is 7.09. The molecular weight excluding hydrogens is 283 g/mol. The number of hydrogen-bond donors (Lipinski definition) is 1. The lowest BCUT2D eigenvalue weighted by Crippen LogP contribution is -2.39. The third kappa shape index (κ3) is 5.41. The fourth-order valence-corrected chi connectivity index (χ4v) is 2.28. The Bertz CT molecular complexity index is 445. The number of piperidine rings is 1. The molecule has 21 heavy (non-hydrogen) atoms. The molecule has 4 nitrogen and oxygen atoms in total. The fraction of sp³-hybridized carbons (Fsp3) is 0.643. The first-order chi connectivity index (χ1) is 9.94. The molecule has 1 aliphatic heterocycles. The topological polar surface area (TPSA) is 51.4 Å². The first-order valence-corrected chi connectivity index (χ1v) is 7.09. The molecule has 2 rings (SSSR count). The molecule has 0 spiro atoms. The lowest BCUT2D eigenvalue weighted by molar-refractivity contribution is -0.136. The van der Waals surface area contributed by atoms with Gasteiger partial charge in [0, 0.05) is 31.6 Å². The highest BCUT2D eigenvalue weighted by Gasteiger charge is 2.26. The van der Waals surface area contributed by atoms with Crippen molar-refractivity contribution in [3.8, 4) is 5.75 Å². The molecule has 1 aliphatic rings. The maximum atomic E-state index is 12.0. The molecule has 1 saturated heterocycles. The van der Waals surface area contributed by atoms with E-state index in [1.807, 2.05) is 6.07 Å². The van der Waals surface area contributed by atoms with Crippen LogP contribution >= 0.6 is 0 Å². The summed E-state index contributed by atoms with van der Waals surface area (Å²) in [6.45, 7) is 1.76. The van der Waals surface area contributed by atoms with Gasteiger partial charge < -0.3 is 15.4 Å². The molecule has 1 aromatic heterocycles. The second-order valence-corrected chi connectivity index (χ2v) is 5.27. The van der Waals surface area contributed by atoms with Gasteiger partial charge in [-0.25, -0.2) is 0 Å². The molecule has 1 aromatic rings. The molecule has 0 unspecified atom stereocenters. The van der Waals surface area contributed by atoms with E-state index < -0.39 is 12.6 Å². The third-order valence-electron chi connectivity index (χ3n) is 3.48. The van der Waals surface area contributed by atoms with E-state index in [-0.39, 0.29) is 19.1 Å². The summed E-state index contributed by atoms with van der Waals surface area (Å²) >= 11 is 0. The quantitative estimate of drug-likeness (QED) is 0.850. The van der Waals surface area contributed by atoms with Crippen LogP contribution in [0.15, 0.2) is 18.5 Å². The van der Waals surface area contributed by atoms with E-state index in [9.17, 15) is 13.2 Å². The van der Waals surface area contributed by atoms with Gasteiger partial charge in [-0.3, -0.25) is 4.98 Å². The number of nitrogens with two attached hydrogens (primary N) is 1. The molecule has 0 atom stereocenters. The highest BCUT2D eigenvalue weighted by atomic mass is 19.4. The number of nitrogens with zero attached hydrogens (tertiary/aromatic N) is 2. The van der Waals surface area contributed by atoms with Crippen molar-refractivity contribution < 1.29 is 17.9 Å². The van der Waals surface area contributed by atoms with Crippen molar-refractivity contribution >= 4 is 5.69 Å². The smallest absolute Gasteiger partial charge is 0.389 e. The number of rotatable bonds is 5. The Balaban J connectivity index is 1.83. The van der Waals surface area contributed by atoms with Crippen LogP contribution in [0.2, 0.25) is 0 Å². The Morgan fingerprint density at radius 3 is 2.67 bits per heavy atom. The van der Waals surface area contributed by atoms with E-state index in [0.29, 0.717) is 5.75 Å². The number of hydrogen-bond acceptors (Lipinski definition) is 4. The zero-order chi connectivity index (χ0) is 15.3. The molecule has 0 bridgehead atoms. The largest absolute Gasteiger partial charge is 0.492 e. The van der Waals surface area contributed by atoms with Crippen molar-refractivity contribution in [2.24, 2.45) is 5.73 Å².